The zero-order valence-electron chi connectivity index (χ0n) is 8.63. The number of nitrogens with zero attached hydrogens (tertiary/aromatic N) is 2. The van der Waals surface area contributed by atoms with Crippen LogP contribution in [0.3, 0.4) is 0 Å². The van der Waals surface area contributed by atoms with Crippen LogP contribution >= 0.6 is 0 Å². The van der Waals surface area contributed by atoms with Gasteiger partial charge in [-0.2, -0.15) is 10.5 Å². The second kappa shape index (κ2) is 3.77. The molecule has 3 heteroatoms. The highest BCUT2D eigenvalue weighted by Crippen LogP contribution is 2.30. The molecule has 0 aliphatic rings. The molecule has 72 valence electrons. The van der Waals surface area contributed by atoms with Crippen LogP contribution in [0.1, 0.15) is 34.1 Å². The molecule has 0 fully saturated rings. The van der Waals surface area contributed by atoms with Gasteiger partial charge in [-0.05, 0) is 34.1 Å². The second-order valence-electron chi connectivity index (χ2n) is 4.55. The zero-order valence-corrected chi connectivity index (χ0v) is 8.63. The van der Waals surface area contributed by atoms with E-state index < -0.39 is 16.9 Å². The third-order valence-corrected chi connectivity index (χ3v) is 2.13. The molecule has 1 atom stereocenters. The first-order valence-electron chi connectivity index (χ1n) is 4.26. The third kappa shape index (κ3) is 3.44. The molecule has 0 aromatic carbocycles. The highest BCUT2D eigenvalue weighted by atomic mass is 16.3. The fourth-order valence-electron chi connectivity index (χ4n) is 0.859. The summed E-state index contributed by atoms with van der Waals surface area (Å²) in [6.07, 6.45) is -0.434. The summed E-state index contributed by atoms with van der Waals surface area (Å²) in [5.41, 5.74) is -1.36. The molecule has 0 spiro atoms. The summed E-state index contributed by atoms with van der Waals surface area (Å²) in [5, 5.41) is 27.1. The minimum absolute atomic E-state index is 0.323. The highest BCUT2D eigenvalue weighted by molar-refractivity contribution is 5.02. The number of aliphatic hydroxyl groups is 1. The Morgan fingerprint density at radius 1 is 1.15 bits per heavy atom. The Balaban J connectivity index is 4.44. The maximum absolute atomic E-state index is 9.67. The monoisotopic (exact) mass is 180 g/mol. The van der Waals surface area contributed by atoms with E-state index in [1.807, 2.05) is 6.07 Å². The fraction of sp³-hybridized carbons (Fsp3) is 0.800. The van der Waals surface area contributed by atoms with Crippen LogP contribution in [-0.2, 0) is 0 Å². The van der Waals surface area contributed by atoms with Gasteiger partial charge in [-0.3, -0.25) is 0 Å². The van der Waals surface area contributed by atoms with E-state index in [1.165, 1.54) is 0 Å². The van der Waals surface area contributed by atoms with Crippen molar-refractivity contribution in [3.8, 4) is 12.1 Å². The lowest BCUT2D eigenvalue weighted by Gasteiger charge is -2.27. The minimum atomic E-state index is -0.784. The Labute approximate surface area is 79.6 Å². The Morgan fingerprint density at radius 3 is 1.92 bits per heavy atom. The predicted molar refractivity (Wildman–Crippen MR) is 49.4 cm³/mol. The molecule has 0 aromatic rings. The second-order valence-corrected chi connectivity index (χ2v) is 4.55. The van der Waals surface area contributed by atoms with Gasteiger partial charge in [-0.1, -0.05) is 0 Å². The van der Waals surface area contributed by atoms with Crippen molar-refractivity contribution in [3.63, 3.8) is 0 Å². The van der Waals surface area contributed by atoms with E-state index in [-0.39, 0.29) is 0 Å². The first kappa shape index (κ1) is 11.9. The molecule has 13 heavy (non-hydrogen) atoms. The summed E-state index contributed by atoms with van der Waals surface area (Å²) < 4.78 is 0. The van der Waals surface area contributed by atoms with E-state index in [9.17, 15) is 5.11 Å². The van der Waals surface area contributed by atoms with Gasteiger partial charge in [0.05, 0.1) is 29.1 Å². The van der Waals surface area contributed by atoms with E-state index >= 15 is 0 Å². The molecule has 0 rings (SSSR count). The van der Waals surface area contributed by atoms with Crippen LogP contribution < -0.4 is 0 Å². The van der Waals surface area contributed by atoms with E-state index in [2.05, 4.69) is 6.07 Å². The average Bonchev–Trinajstić information content (AvgIpc) is 2.04. The summed E-state index contributed by atoms with van der Waals surface area (Å²) in [7, 11) is 0. The standard InChI is InChI=1S/C10H16N2O/c1-9(2,6-11)5-8(13)10(3,4)7-12/h8,13H,5H2,1-4H3/t8-/m0/s1. The van der Waals surface area contributed by atoms with Gasteiger partial charge < -0.3 is 5.11 Å². The van der Waals surface area contributed by atoms with Crippen molar-refractivity contribution in [1.82, 2.24) is 0 Å². The van der Waals surface area contributed by atoms with Gasteiger partial charge in [-0.25, -0.2) is 0 Å². The van der Waals surface area contributed by atoms with E-state index in [0.29, 0.717) is 6.42 Å². The Bertz CT molecular complexity index is 255. The van der Waals surface area contributed by atoms with Crippen molar-refractivity contribution in [2.24, 2.45) is 10.8 Å². The van der Waals surface area contributed by atoms with E-state index in [0.717, 1.165) is 0 Å². The average molecular weight is 180 g/mol. The van der Waals surface area contributed by atoms with Gasteiger partial charge in [0.25, 0.3) is 0 Å². The number of nitriles is 2. The quantitative estimate of drug-likeness (QED) is 0.720. The van der Waals surface area contributed by atoms with Gasteiger partial charge >= 0.3 is 0 Å². The normalized spacial score (nSPS) is 14.4. The highest BCUT2D eigenvalue weighted by Gasteiger charge is 2.32. The molecular formula is C10H16N2O. The first-order valence-corrected chi connectivity index (χ1v) is 4.26. The SMILES string of the molecule is CC(C)(C#N)C[C@H](O)C(C)(C)C#N. The van der Waals surface area contributed by atoms with Crippen LogP contribution in [0.4, 0.5) is 0 Å². The fourth-order valence-corrected chi connectivity index (χ4v) is 0.859. The topological polar surface area (TPSA) is 67.8 Å². The van der Waals surface area contributed by atoms with Crippen molar-refractivity contribution in [2.75, 3.05) is 0 Å². The summed E-state index contributed by atoms with van der Waals surface area (Å²) in [6.45, 7) is 6.85. The Morgan fingerprint density at radius 2 is 1.62 bits per heavy atom. The summed E-state index contributed by atoms with van der Waals surface area (Å²) >= 11 is 0. The largest absolute Gasteiger partial charge is 0.391 e. The third-order valence-electron chi connectivity index (χ3n) is 2.13. The molecule has 3 nitrogen and oxygen atoms in total. The molecule has 0 radical (unpaired) electrons. The van der Waals surface area contributed by atoms with Crippen LogP contribution in [0.15, 0.2) is 0 Å². The molecular weight excluding hydrogens is 164 g/mol. The van der Waals surface area contributed by atoms with Crippen molar-refractivity contribution < 1.29 is 5.11 Å². The molecule has 0 amide bonds. The van der Waals surface area contributed by atoms with Crippen LogP contribution in [0.2, 0.25) is 0 Å². The summed E-state index contributed by atoms with van der Waals surface area (Å²) in [5.74, 6) is 0. The van der Waals surface area contributed by atoms with Crippen LogP contribution in [0, 0.1) is 33.5 Å². The lowest BCUT2D eigenvalue weighted by atomic mass is 9.78. The molecule has 0 unspecified atom stereocenters. The van der Waals surface area contributed by atoms with Crippen molar-refractivity contribution in [2.45, 2.75) is 40.2 Å². The predicted octanol–water partition coefficient (Wildman–Crippen LogP) is 1.84. The van der Waals surface area contributed by atoms with Gasteiger partial charge in [0.2, 0.25) is 0 Å². The van der Waals surface area contributed by atoms with Gasteiger partial charge in [0, 0.05) is 0 Å². The molecule has 0 aliphatic carbocycles. The van der Waals surface area contributed by atoms with Gasteiger partial charge in [0.15, 0.2) is 0 Å². The molecule has 0 aromatic heterocycles. The van der Waals surface area contributed by atoms with E-state index in [1.54, 1.807) is 27.7 Å². The lowest BCUT2D eigenvalue weighted by molar-refractivity contribution is 0.0558. The summed E-state index contributed by atoms with van der Waals surface area (Å²) in [4.78, 5) is 0. The van der Waals surface area contributed by atoms with Crippen molar-refractivity contribution >= 4 is 0 Å². The first-order chi connectivity index (χ1) is 5.75. The molecule has 0 saturated carbocycles. The van der Waals surface area contributed by atoms with Crippen molar-refractivity contribution in [3.05, 3.63) is 0 Å². The maximum Gasteiger partial charge on any atom is 0.0776 e. The van der Waals surface area contributed by atoms with E-state index in [4.69, 9.17) is 10.5 Å². The van der Waals surface area contributed by atoms with Gasteiger partial charge in [-0.15, -0.1) is 0 Å². The molecule has 0 heterocycles. The molecule has 0 saturated heterocycles. The minimum Gasteiger partial charge on any atom is -0.391 e. The smallest absolute Gasteiger partial charge is 0.0776 e. The van der Waals surface area contributed by atoms with Crippen LogP contribution in [0.25, 0.3) is 0 Å². The molecule has 0 aliphatic heterocycles. The van der Waals surface area contributed by atoms with Gasteiger partial charge in [0.1, 0.15) is 0 Å². The Kier molecular flexibility index (Phi) is 3.46. The maximum atomic E-state index is 9.67. The lowest BCUT2D eigenvalue weighted by Crippen LogP contribution is -2.32. The Hall–Kier alpha value is -1.06. The number of rotatable bonds is 3. The van der Waals surface area contributed by atoms with Crippen molar-refractivity contribution in [1.29, 1.82) is 10.5 Å². The van der Waals surface area contributed by atoms with Crippen LogP contribution in [0.5, 0.6) is 0 Å². The zero-order chi connectivity index (χ0) is 10.7. The molecule has 1 N–H and O–H groups in total. The number of hydrogen-bond acceptors (Lipinski definition) is 3. The summed E-state index contributed by atoms with van der Waals surface area (Å²) in [6, 6.07) is 4.13. The molecule has 0 bridgehead atoms. The number of hydrogen-bond donors (Lipinski definition) is 1. The van der Waals surface area contributed by atoms with Crippen LogP contribution in [-0.4, -0.2) is 11.2 Å². The number of aliphatic hydroxyl groups excluding tert-OH is 1.